The molecule has 4 nitrogen and oxygen atoms in total. The molecule has 0 radical (unpaired) electrons. The van der Waals surface area contributed by atoms with E-state index in [0.29, 0.717) is 16.1 Å². The van der Waals surface area contributed by atoms with E-state index in [1.807, 2.05) is 37.3 Å². The number of ether oxygens (including phenoxy) is 1. The predicted molar refractivity (Wildman–Crippen MR) is 92.6 cm³/mol. The third kappa shape index (κ3) is 3.50. The fourth-order valence-electron chi connectivity index (χ4n) is 2.25. The van der Waals surface area contributed by atoms with Gasteiger partial charge >= 0.3 is 5.97 Å². The lowest BCUT2D eigenvalue weighted by Gasteiger charge is -2.05. The third-order valence-electron chi connectivity index (χ3n) is 3.42. The molecule has 1 heterocycles. The Bertz CT molecular complexity index is 893. The number of hydrogen-bond acceptors (Lipinski definition) is 5. The first-order valence-electron chi connectivity index (χ1n) is 7.36. The monoisotopic (exact) mass is 334 g/mol. The zero-order valence-corrected chi connectivity index (χ0v) is 13.8. The first kappa shape index (κ1) is 15.9. The average Bonchev–Trinajstić information content (AvgIpc) is 3.03. The molecule has 118 valence electrons. The smallest absolute Gasteiger partial charge is 0.350 e. The molecule has 0 aliphatic heterocycles. The summed E-state index contributed by atoms with van der Waals surface area (Å²) in [5.74, 6) is -0.385. The molecule has 0 saturated heterocycles. The van der Waals surface area contributed by atoms with E-state index in [1.54, 1.807) is 24.3 Å². The van der Waals surface area contributed by atoms with Crippen LogP contribution in [0.3, 0.4) is 0 Å². The summed E-state index contributed by atoms with van der Waals surface area (Å²) in [6, 6.07) is 18.6. The molecule has 0 atom stereocenters. The number of aromatic nitrogens is 1. The largest absolute Gasteiger partial charge is 0.457 e. The van der Waals surface area contributed by atoms with E-state index in [1.165, 1.54) is 11.3 Å². The normalized spacial score (nSPS) is 10.2. The third-order valence-corrected chi connectivity index (χ3v) is 4.37. The van der Waals surface area contributed by atoms with Gasteiger partial charge < -0.3 is 4.74 Å². The first-order valence-corrected chi connectivity index (χ1v) is 8.18. The Hall–Kier alpha value is -2.97. The van der Waals surface area contributed by atoms with Crippen LogP contribution in [0.1, 0.15) is 25.8 Å². The van der Waals surface area contributed by atoms with Crippen molar-refractivity contribution in [2.75, 3.05) is 0 Å². The summed E-state index contributed by atoms with van der Waals surface area (Å²) in [5.41, 5.74) is 2.97. The van der Waals surface area contributed by atoms with Gasteiger partial charge in [-0.3, -0.25) is 0 Å². The summed E-state index contributed by atoms with van der Waals surface area (Å²) >= 11 is 1.33. The second-order valence-corrected chi connectivity index (χ2v) is 6.36. The number of esters is 1. The van der Waals surface area contributed by atoms with Gasteiger partial charge in [-0.2, -0.15) is 5.26 Å². The molecule has 0 amide bonds. The highest BCUT2D eigenvalue weighted by atomic mass is 32.1. The van der Waals surface area contributed by atoms with Gasteiger partial charge in [0.15, 0.2) is 0 Å². The molecule has 3 aromatic rings. The number of carbonyl (C=O) groups is 1. The molecular weight excluding hydrogens is 320 g/mol. The number of nitrogens with zero attached hydrogens (tertiary/aromatic N) is 2. The van der Waals surface area contributed by atoms with Crippen LogP contribution in [-0.2, 0) is 11.3 Å². The van der Waals surface area contributed by atoms with Crippen molar-refractivity contribution < 1.29 is 9.53 Å². The number of aryl methyl sites for hydroxylation is 1. The van der Waals surface area contributed by atoms with Crippen LogP contribution in [0.4, 0.5) is 0 Å². The van der Waals surface area contributed by atoms with Crippen LogP contribution in [0.2, 0.25) is 0 Å². The minimum absolute atomic E-state index is 0.162. The van der Waals surface area contributed by atoms with Crippen LogP contribution in [0, 0.1) is 18.3 Å². The number of hydrogen-bond donors (Lipinski definition) is 0. The Morgan fingerprint density at radius 3 is 2.54 bits per heavy atom. The number of carbonyl (C=O) groups excluding carboxylic acids is 1. The summed E-state index contributed by atoms with van der Waals surface area (Å²) in [5, 5.41) is 9.61. The Kier molecular flexibility index (Phi) is 4.69. The molecule has 0 unspecified atom stereocenters. The molecule has 5 heteroatoms. The summed E-state index contributed by atoms with van der Waals surface area (Å²) in [6.07, 6.45) is 0. The highest BCUT2D eigenvalue weighted by Gasteiger charge is 2.19. The van der Waals surface area contributed by atoms with Gasteiger partial charge in [-0.05, 0) is 24.6 Å². The second-order valence-electron chi connectivity index (χ2n) is 5.16. The maximum absolute atomic E-state index is 12.4. The van der Waals surface area contributed by atoms with Crippen LogP contribution >= 0.6 is 11.3 Å². The number of nitriles is 1. The lowest BCUT2D eigenvalue weighted by molar-refractivity contribution is 0.0479. The Labute approximate surface area is 144 Å². The molecule has 0 aliphatic rings. The molecule has 0 N–H and O–H groups in total. The van der Waals surface area contributed by atoms with Gasteiger partial charge in [0.25, 0.3) is 0 Å². The van der Waals surface area contributed by atoms with Crippen LogP contribution in [-0.4, -0.2) is 11.0 Å². The first-order chi connectivity index (χ1) is 11.7. The Morgan fingerprint density at radius 1 is 1.17 bits per heavy atom. The highest BCUT2D eigenvalue weighted by molar-refractivity contribution is 7.14. The second kappa shape index (κ2) is 7.07. The van der Waals surface area contributed by atoms with Crippen molar-refractivity contribution in [2.24, 2.45) is 0 Å². The van der Waals surface area contributed by atoms with Gasteiger partial charge in [0.2, 0.25) is 0 Å². The standard InChI is InChI=1S/C19H14N2O2S/c1-13-21-17(16-5-3-2-4-6-16)18(24-13)19(22)23-12-15-9-7-14(11-20)8-10-15/h2-10H,12H2,1H3. The topological polar surface area (TPSA) is 63.0 Å². The molecule has 0 saturated carbocycles. The minimum Gasteiger partial charge on any atom is -0.457 e. The van der Waals surface area contributed by atoms with E-state index in [0.717, 1.165) is 16.1 Å². The Morgan fingerprint density at radius 2 is 1.88 bits per heavy atom. The maximum atomic E-state index is 12.4. The fraction of sp³-hybridized carbons (Fsp3) is 0.105. The zero-order chi connectivity index (χ0) is 16.9. The van der Waals surface area contributed by atoms with Crippen LogP contribution in [0.25, 0.3) is 11.3 Å². The van der Waals surface area contributed by atoms with Crippen LogP contribution in [0.15, 0.2) is 54.6 Å². The van der Waals surface area contributed by atoms with Gasteiger partial charge in [0.1, 0.15) is 11.5 Å². The van der Waals surface area contributed by atoms with E-state index in [4.69, 9.17) is 10.00 Å². The van der Waals surface area contributed by atoms with Crippen LogP contribution < -0.4 is 0 Å². The van der Waals surface area contributed by atoms with Crippen molar-refractivity contribution in [3.63, 3.8) is 0 Å². The SMILES string of the molecule is Cc1nc(-c2ccccc2)c(C(=O)OCc2ccc(C#N)cc2)s1. The number of rotatable bonds is 4. The molecule has 0 bridgehead atoms. The molecule has 1 aromatic heterocycles. The fourth-order valence-corrected chi connectivity index (χ4v) is 3.08. The van der Waals surface area contributed by atoms with Crippen molar-refractivity contribution >= 4 is 17.3 Å². The van der Waals surface area contributed by atoms with Crippen molar-refractivity contribution in [1.82, 2.24) is 4.98 Å². The van der Waals surface area contributed by atoms with E-state index < -0.39 is 0 Å². The molecule has 24 heavy (non-hydrogen) atoms. The Balaban J connectivity index is 1.77. The van der Waals surface area contributed by atoms with E-state index >= 15 is 0 Å². The summed E-state index contributed by atoms with van der Waals surface area (Å²) < 4.78 is 5.41. The van der Waals surface area contributed by atoms with Crippen molar-refractivity contribution in [2.45, 2.75) is 13.5 Å². The molecule has 0 fully saturated rings. The molecule has 2 aromatic carbocycles. The summed E-state index contributed by atoms with van der Waals surface area (Å²) in [7, 11) is 0. The highest BCUT2D eigenvalue weighted by Crippen LogP contribution is 2.28. The van der Waals surface area contributed by atoms with Crippen molar-refractivity contribution in [3.05, 3.63) is 75.6 Å². The number of thiazole rings is 1. The summed E-state index contributed by atoms with van der Waals surface area (Å²) in [6.45, 7) is 2.03. The van der Waals surface area contributed by atoms with Gasteiger partial charge in [0, 0.05) is 5.56 Å². The van der Waals surface area contributed by atoms with Crippen LogP contribution in [0.5, 0.6) is 0 Å². The zero-order valence-electron chi connectivity index (χ0n) is 13.0. The van der Waals surface area contributed by atoms with E-state index in [9.17, 15) is 4.79 Å². The van der Waals surface area contributed by atoms with Gasteiger partial charge in [-0.1, -0.05) is 42.5 Å². The molecule has 0 spiro atoms. The lowest BCUT2D eigenvalue weighted by Crippen LogP contribution is -2.05. The van der Waals surface area contributed by atoms with Crippen molar-refractivity contribution in [3.8, 4) is 17.3 Å². The summed E-state index contributed by atoms with van der Waals surface area (Å²) in [4.78, 5) is 17.4. The molecular formula is C19H14N2O2S. The number of benzene rings is 2. The maximum Gasteiger partial charge on any atom is 0.350 e. The van der Waals surface area contributed by atoms with Crippen molar-refractivity contribution in [1.29, 1.82) is 5.26 Å². The quantitative estimate of drug-likeness (QED) is 0.666. The van der Waals surface area contributed by atoms with Gasteiger partial charge in [-0.25, -0.2) is 9.78 Å². The molecule has 0 aliphatic carbocycles. The van der Waals surface area contributed by atoms with Gasteiger partial charge in [-0.15, -0.1) is 11.3 Å². The molecule has 3 rings (SSSR count). The van der Waals surface area contributed by atoms with E-state index in [-0.39, 0.29) is 12.6 Å². The van der Waals surface area contributed by atoms with E-state index in [2.05, 4.69) is 11.1 Å². The average molecular weight is 334 g/mol. The minimum atomic E-state index is -0.385. The predicted octanol–water partition coefficient (Wildman–Crippen LogP) is 4.35. The van der Waals surface area contributed by atoms with Gasteiger partial charge in [0.05, 0.1) is 22.3 Å². The lowest BCUT2D eigenvalue weighted by atomic mass is 10.1.